The van der Waals surface area contributed by atoms with Crippen LogP contribution in [0.1, 0.15) is 44.1 Å². The van der Waals surface area contributed by atoms with Crippen LogP contribution in [0.4, 0.5) is 4.39 Å². The molecular weight excluding hydrogens is 267 g/mol. The predicted octanol–water partition coefficient (Wildman–Crippen LogP) is 2.75. The SMILES string of the molecule is O=C(NCc1ccc(F)cc1)C1CCC2CCCCC2N1. The Bertz CT molecular complexity index is 488. The van der Waals surface area contributed by atoms with Gasteiger partial charge in [-0.25, -0.2) is 4.39 Å². The van der Waals surface area contributed by atoms with Crippen LogP contribution in [0.25, 0.3) is 0 Å². The topological polar surface area (TPSA) is 41.1 Å². The molecule has 21 heavy (non-hydrogen) atoms. The molecule has 0 radical (unpaired) electrons. The number of nitrogens with one attached hydrogen (secondary N) is 2. The number of benzene rings is 1. The highest BCUT2D eigenvalue weighted by Crippen LogP contribution is 2.32. The molecule has 4 heteroatoms. The van der Waals surface area contributed by atoms with Crippen molar-refractivity contribution in [3.63, 3.8) is 0 Å². The van der Waals surface area contributed by atoms with E-state index in [1.807, 2.05) is 0 Å². The van der Waals surface area contributed by atoms with Gasteiger partial charge in [-0.2, -0.15) is 0 Å². The Morgan fingerprint density at radius 1 is 1.14 bits per heavy atom. The van der Waals surface area contributed by atoms with Crippen molar-refractivity contribution in [2.24, 2.45) is 5.92 Å². The minimum Gasteiger partial charge on any atom is -0.351 e. The second kappa shape index (κ2) is 6.56. The average molecular weight is 290 g/mol. The minimum atomic E-state index is -0.248. The summed E-state index contributed by atoms with van der Waals surface area (Å²) in [6.07, 6.45) is 7.21. The fourth-order valence-electron chi connectivity index (χ4n) is 3.62. The molecule has 3 atom stereocenters. The first-order valence-corrected chi connectivity index (χ1v) is 8.00. The predicted molar refractivity (Wildman–Crippen MR) is 80.2 cm³/mol. The van der Waals surface area contributed by atoms with Crippen molar-refractivity contribution >= 4 is 5.91 Å². The summed E-state index contributed by atoms with van der Waals surface area (Å²) in [4.78, 5) is 12.3. The van der Waals surface area contributed by atoms with Crippen LogP contribution in [0, 0.1) is 11.7 Å². The maximum atomic E-state index is 12.8. The normalized spacial score (nSPS) is 28.7. The van der Waals surface area contributed by atoms with Gasteiger partial charge in [0, 0.05) is 12.6 Å². The summed E-state index contributed by atoms with van der Waals surface area (Å²) < 4.78 is 12.8. The Morgan fingerprint density at radius 2 is 1.90 bits per heavy atom. The third-order valence-corrected chi connectivity index (χ3v) is 4.85. The van der Waals surface area contributed by atoms with Gasteiger partial charge < -0.3 is 10.6 Å². The largest absolute Gasteiger partial charge is 0.351 e. The first-order valence-electron chi connectivity index (χ1n) is 8.00. The monoisotopic (exact) mass is 290 g/mol. The van der Waals surface area contributed by atoms with Gasteiger partial charge in [0.15, 0.2) is 0 Å². The molecule has 2 fully saturated rings. The Kier molecular flexibility index (Phi) is 4.54. The molecule has 1 heterocycles. The molecule has 1 amide bonds. The van der Waals surface area contributed by atoms with Crippen molar-refractivity contribution in [1.29, 1.82) is 0 Å². The zero-order chi connectivity index (χ0) is 14.7. The quantitative estimate of drug-likeness (QED) is 0.898. The Balaban J connectivity index is 1.50. The highest BCUT2D eigenvalue weighted by molar-refractivity contribution is 5.81. The molecule has 114 valence electrons. The lowest BCUT2D eigenvalue weighted by Gasteiger charge is -2.39. The van der Waals surface area contributed by atoms with Gasteiger partial charge in [-0.15, -0.1) is 0 Å². The molecule has 0 aromatic heterocycles. The number of amides is 1. The summed E-state index contributed by atoms with van der Waals surface area (Å²) >= 11 is 0. The van der Waals surface area contributed by atoms with E-state index in [9.17, 15) is 9.18 Å². The number of carbonyl (C=O) groups excluding carboxylic acids is 1. The molecule has 1 saturated heterocycles. The lowest BCUT2D eigenvalue weighted by atomic mass is 9.77. The number of hydrogen-bond acceptors (Lipinski definition) is 2. The number of piperidine rings is 1. The van der Waals surface area contributed by atoms with E-state index in [4.69, 9.17) is 0 Å². The average Bonchev–Trinajstić information content (AvgIpc) is 2.53. The van der Waals surface area contributed by atoms with Gasteiger partial charge in [-0.3, -0.25) is 4.79 Å². The molecule has 1 saturated carbocycles. The van der Waals surface area contributed by atoms with Gasteiger partial charge >= 0.3 is 0 Å². The smallest absolute Gasteiger partial charge is 0.237 e. The van der Waals surface area contributed by atoms with Gasteiger partial charge in [-0.05, 0) is 49.3 Å². The standard InChI is InChI=1S/C17H23FN2O/c18-14-8-5-12(6-9-14)11-19-17(21)16-10-7-13-3-1-2-4-15(13)20-16/h5-6,8-9,13,15-16,20H,1-4,7,10-11H2,(H,19,21). The molecule has 0 bridgehead atoms. The fraction of sp³-hybridized carbons (Fsp3) is 0.588. The fourth-order valence-corrected chi connectivity index (χ4v) is 3.62. The molecule has 3 unspecified atom stereocenters. The summed E-state index contributed by atoms with van der Waals surface area (Å²) in [5, 5.41) is 6.49. The van der Waals surface area contributed by atoms with Crippen molar-refractivity contribution in [3.8, 4) is 0 Å². The second-order valence-corrected chi connectivity index (χ2v) is 6.29. The number of fused-ring (bicyclic) bond motifs is 1. The van der Waals surface area contributed by atoms with Crippen molar-refractivity contribution in [3.05, 3.63) is 35.6 Å². The summed E-state index contributed by atoms with van der Waals surface area (Å²) in [5.41, 5.74) is 0.927. The van der Waals surface area contributed by atoms with Gasteiger partial charge in [0.2, 0.25) is 5.91 Å². The van der Waals surface area contributed by atoms with E-state index in [1.54, 1.807) is 12.1 Å². The van der Waals surface area contributed by atoms with Crippen LogP contribution in [0.5, 0.6) is 0 Å². The molecule has 1 aliphatic heterocycles. The van der Waals surface area contributed by atoms with Crippen LogP contribution in [-0.2, 0) is 11.3 Å². The first kappa shape index (κ1) is 14.5. The Morgan fingerprint density at radius 3 is 2.71 bits per heavy atom. The van der Waals surface area contributed by atoms with Gasteiger partial charge in [-0.1, -0.05) is 25.0 Å². The molecule has 0 spiro atoms. The van der Waals surface area contributed by atoms with E-state index in [-0.39, 0.29) is 17.8 Å². The number of halogens is 1. The zero-order valence-corrected chi connectivity index (χ0v) is 12.3. The molecule has 3 rings (SSSR count). The lowest BCUT2D eigenvalue weighted by molar-refractivity contribution is -0.124. The van der Waals surface area contributed by atoms with Crippen molar-refractivity contribution < 1.29 is 9.18 Å². The maximum absolute atomic E-state index is 12.8. The molecule has 3 nitrogen and oxygen atoms in total. The van der Waals surface area contributed by atoms with Crippen LogP contribution in [0.3, 0.4) is 0 Å². The molecular formula is C17H23FN2O. The van der Waals surface area contributed by atoms with Crippen LogP contribution in [0.15, 0.2) is 24.3 Å². The summed E-state index contributed by atoms with van der Waals surface area (Å²) in [6, 6.07) is 6.72. The van der Waals surface area contributed by atoms with Crippen LogP contribution < -0.4 is 10.6 Å². The third kappa shape index (κ3) is 3.62. The maximum Gasteiger partial charge on any atom is 0.237 e. The third-order valence-electron chi connectivity index (χ3n) is 4.85. The van der Waals surface area contributed by atoms with Crippen LogP contribution in [0.2, 0.25) is 0 Å². The highest BCUT2D eigenvalue weighted by Gasteiger charge is 2.34. The molecule has 1 aromatic rings. The van der Waals surface area contributed by atoms with E-state index < -0.39 is 0 Å². The summed E-state index contributed by atoms with van der Waals surface area (Å²) in [7, 11) is 0. The molecule has 2 aliphatic rings. The number of hydrogen-bond donors (Lipinski definition) is 2. The van der Waals surface area contributed by atoms with E-state index >= 15 is 0 Å². The number of carbonyl (C=O) groups is 1. The summed E-state index contributed by atoms with van der Waals surface area (Å²) in [5.74, 6) is 0.589. The van der Waals surface area contributed by atoms with Crippen molar-refractivity contribution in [2.45, 2.75) is 57.2 Å². The zero-order valence-electron chi connectivity index (χ0n) is 12.3. The lowest BCUT2D eigenvalue weighted by Crippen LogP contribution is -2.54. The highest BCUT2D eigenvalue weighted by atomic mass is 19.1. The van der Waals surface area contributed by atoms with E-state index in [2.05, 4.69) is 10.6 Å². The van der Waals surface area contributed by atoms with E-state index in [1.165, 1.54) is 37.8 Å². The molecule has 1 aliphatic carbocycles. The Hall–Kier alpha value is -1.42. The van der Waals surface area contributed by atoms with Crippen LogP contribution in [-0.4, -0.2) is 18.0 Å². The molecule has 2 N–H and O–H groups in total. The Labute approximate surface area is 125 Å². The van der Waals surface area contributed by atoms with Gasteiger partial charge in [0.25, 0.3) is 0 Å². The molecule has 1 aromatic carbocycles. The van der Waals surface area contributed by atoms with E-state index in [0.29, 0.717) is 12.6 Å². The van der Waals surface area contributed by atoms with Crippen molar-refractivity contribution in [1.82, 2.24) is 10.6 Å². The van der Waals surface area contributed by atoms with Gasteiger partial charge in [0.1, 0.15) is 5.82 Å². The van der Waals surface area contributed by atoms with E-state index in [0.717, 1.165) is 24.3 Å². The van der Waals surface area contributed by atoms with Crippen LogP contribution >= 0.6 is 0 Å². The minimum absolute atomic E-state index is 0.0650. The number of rotatable bonds is 3. The first-order chi connectivity index (χ1) is 10.2. The second-order valence-electron chi connectivity index (χ2n) is 6.29. The van der Waals surface area contributed by atoms with Gasteiger partial charge in [0.05, 0.1) is 6.04 Å². The van der Waals surface area contributed by atoms with Crippen molar-refractivity contribution in [2.75, 3.05) is 0 Å². The summed E-state index contributed by atoms with van der Waals surface area (Å²) in [6.45, 7) is 0.464.